The number of methoxy groups -OCH3 is 1. The second kappa shape index (κ2) is 10.6. The van der Waals surface area contributed by atoms with Gasteiger partial charge in [-0.3, -0.25) is 9.59 Å². The highest BCUT2D eigenvalue weighted by molar-refractivity contribution is 7.89. The molecule has 32 heavy (non-hydrogen) atoms. The van der Waals surface area contributed by atoms with Crippen LogP contribution in [0.25, 0.3) is 0 Å². The number of carbonyl (C=O) groups excluding carboxylic acids is 2. The van der Waals surface area contributed by atoms with Gasteiger partial charge in [-0.25, -0.2) is 8.42 Å². The molecule has 2 amide bonds. The monoisotopic (exact) mass is 461 g/mol. The first-order valence-corrected chi connectivity index (χ1v) is 11.6. The van der Waals surface area contributed by atoms with E-state index in [0.717, 1.165) is 11.1 Å². The molecule has 0 unspecified atom stereocenters. The van der Waals surface area contributed by atoms with Crippen LogP contribution in [0.15, 0.2) is 53.4 Å². The van der Waals surface area contributed by atoms with Gasteiger partial charge in [0.05, 0.1) is 25.2 Å². The molecule has 3 rings (SSSR count). The van der Waals surface area contributed by atoms with Crippen LogP contribution in [-0.4, -0.2) is 57.6 Å². The van der Waals surface area contributed by atoms with Crippen molar-refractivity contribution in [3.05, 3.63) is 59.7 Å². The van der Waals surface area contributed by atoms with Gasteiger partial charge in [0.25, 0.3) is 0 Å². The number of hydrogen-bond acceptors (Lipinski definition) is 6. The zero-order valence-corrected chi connectivity index (χ0v) is 18.9. The van der Waals surface area contributed by atoms with Gasteiger partial charge in [0.2, 0.25) is 10.0 Å². The third kappa shape index (κ3) is 5.64. The van der Waals surface area contributed by atoms with Crippen LogP contribution in [0, 0.1) is 6.92 Å². The molecule has 2 aromatic carbocycles. The van der Waals surface area contributed by atoms with E-state index in [1.807, 2.05) is 31.2 Å². The average molecular weight is 462 g/mol. The number of carbonyl (C=O) groups is 2. The number of nitrogens with zero attached hydrogens (tertiary/aromatic N) is 1. The van der Waals surface area contributed by atoms with Crippen molar-refractivity contribution in [2.75, 3.05) is 26.8 Å². The van der Waals surface area contributed by atoms with E-state index in [2.05, 4.69) is 10.6 Å². The molecule has 2 N–H and O–H groups in total. The van der Waals surface area contributed by atoms with Gasteiger partial charge in [-0.2, -0.15) is 4.31 Å². The lowest BCUT2D eigenvalue weighted by atomic mass is 10.1. The fourth-order valence-electron chi connectivity index (χ4n) is 3.31. The molecule has 0 radical (unpaired) electrons. The lowest BCUT2D eigenvalue weighted by molar-refractivity contribution is -0.140. The lowest BCUT2D eigenvalue weighted by Gasteiger charge is -2.34. The van der Waals surface area contributed by atoms with Gasteiger partial charge in [0.15, 0.2) is 0 Å². The molecule has 10 heteroatoms. The fourth-order valence-corrected chi connectivity index (χ4v) is 4.88. The number of amides is 2. The highest BCUT2D eigenvalue weighted by atomic mass is 32.2. The summed E-state index contributed by atoms with van der Waals surface area (Å²) in [6.07, 6.45) is -0.388. The van der Waals surface area contributed by atoms with Crippen molar-refractivity contribution < 1.29 is 27.5 Å². The van der Waals surface area contributed by atoms with Crippen molar-refractivity contribution >= 4 is 21.8 Å². The Labute approximate surface area is 187 Å². The summed E-state index contributed by atoms with van der Waals surface area (Å²) in [4.78, 5) is 24.5. The molecular formula is C22H27N3O6S. The number of aryl methyl sites for hydroxylation is 1. The van der Waals surface area contributed by atoms with Crippen LogP contribution in [0.4, 0.5) is 0 Å². The third-order valence-electron chi connectivity index (χ3n) is 5.16. The second-order valence-corrected chi connectivity index (χ2v) is 9.18. The molecule has 1 heterocycles. The summed E-state index contributed by atoms with van der Waals surface area (Å²) in [7, 11) is -2.36. The Morgan fingerprint density at radius 1 is 1.09 bits per heavy atom. The van der Waals surface area contributed by atoms with E-state index in [4.69, 9.17) is 9.47 Å². The van der Waals surface area contributed by atoms with E-state index in [0.29, 0.717) is 18.8 Å². The van der Waals surface area contributed by atoms with Gasteiger partial charge >= 0.3 is 11.8 Å². The highest BCUT2D eigenvalue weighted by Gasteiger charge is 2.35. The summed E-state index contributed by atoms with van der Waals surface area (Å²) >= 11 is 0. The molecule has 1 fully saturated rings. The van der Waals surface area contributed by atoms with Crippen LogP contribution < -0.4 is 15.4 Å². The molecule has 1 atom stereocenters. The molecule has 0 bridgehead atoms. The molecule has 0 aromatic heterocycles. The standard InChI is InChI=1S/C22H27N3O6S/c1-16-6-3-4-7-17(16)14-23-21(26)22(27)24-15-20-25(12-5-13-31-20)32(28,29)19-10-8-18(30-2)9-11-19/h3-4,6-11,20H,5,12-15H2,1-2H3,(H,23,26)(H,24,27)/t20-/m1/s1. The Bertz CT molecular complexity index is 1060. The minimum atomic E-state index is -3.85. The van der Waals surface area contributed by atoms with Gasteiger partial charge in [0.1, 0.15) is 12.0 Å². The number of benzene rings is 2. The number of nitrogens with one attached hydrogen (secondary N) is 2. The van der Waals surface area contributed by atoms with E-state index in [1.54, 1.807) is 12.1 Å². The third-order valence-corrected chi connectivity index (χ3v) is 7.07. The zero-order chi connectivity index (χ0) is 23.1. The van der Waals surface area contributed by atoms with Crippen molar-refractivity contribution in [1.82, 2.24) is 14.9 Å². The average Bonchev–Trinajstić information content (AvgIpc) is 2.82. The fraction of sp³-hybridized carbons (Fsp3) is 0.364. The quantitative estimate of drug-likeness (QED) is 0.599. The molecule has 0 aliphatic carbocycles. The van der Waals surface area contributed by atoms with Crippen molar-refractivity contribution in [3.8, 4) is 5.75 Å². The van der Waals surface area contributed by atoms with Gasteiger partial charge in [-0.05, 0) is 48.7 Å². The SMILES string of the molecule is COc1ccc(S(=O)(=O)N2CCCO[C@@H]2CNC(=O)C(=O)NCc2ccccc2C)cc1. The van der Waals surface area contributed by atoms with Crippen LogP contribution in [0.1, 0.15) is 17.5 Å². The molecule has 0 saturated carbocycles. The summed E-state index contributed by atoms with van der Waals surface area (Å²) in [6.45, 7) is 2.59. The Balaban J connectivity index is 1.60. The van der Waals surface area contributed by atoms with Gasteiger partial charge in [-0.15, -0.1) is 0 Å². The Hall–Kier alpha value is -2.95. The molecule has 1 saturated heterocycles. The first kappa shape index (κ1) is 23.7. The molecular weight excluding hydrogens is 434 g/mol. The topological polar surface area (TPSA) is 114 Å². The maximum absolute atomic E-state index is 13.1. The van der Waals surface area contributed by atoms with Crippen LogP contribution in [0.2, 0.25) is 0 Å². The molecule has 0 spiro atoms. The number of hydrogen-bond donors (Lipinski definition) is 2. The summed E-state index contributed by atoms with van der Waals surface area (Å²) in [6, 6.07) is 13.6. The second-order valence-electron chi connectivity index (χ2n) is 7.29. The predicted molar refractivity (Wildman–Crippen MR) is 117 cm³/mol. The largest absolute Gasteiger partial charge is 0.497 e. The van der Waals surface area contributed by atoms with Gasteiger partial charge in [-0.1, -0.05) is 24.3 Å². The molecule has 9 nitrogen and oxygen atoms in total. The first-order valence-electron chi connectivity index (χ1n) is 10.2. The predicted octanol–water partition coefficient (Wildman–Crippen LogP) is 1.17. The minimum absolute atomic E-state index is 0.0936. The van der Waals surface area contributed by atoms with E-state index in [9.17, 15) is 18.0 Å². The number of ether oxygens (including phenoxy) is 2. The van der Waals surface area contributed by atoms with Crippen LogP contribution in [-0.2, 0) is 30.9 Å². The van der Waals surface area contributed by atoms with E-state index in [-0.39, 0.29) is 24.5 Å². The maximum Gasteiger partial charge on any atom is 0.309 e. The van der Waals surface area contributed by atoms with Crippen molar-refractivity contribution in [1.29, 1.82) is 0 Å². The van der Waals surface area contributed by atoms with E-state index in [1.165, 1.54) is 23.5 Å². The van der Waals surface area contributed by atoms with E-state index >= 15 is 0 Å². The van der Waals surface area contributed by atoms with E-state index < -0.39 is 28.1 Å². The minimum Gasteiger partial charge on any atom is -0.497 e. The Kier molecular flexibility index (Phi) is 7.84. The zero-order valence-electron chi connectivity index (χ0n) is 18.0. The highest BCUT2D eigenvalue weighted by Crippen LogP contribution is 2.23. The maximum atomic E-state index is 13.1. The molecule has 172 valence electrons. The number of sulfonamides is 1. The molecule has 2 aromatic rings. The van der Waals surface area contributed by atoms with Crippen LogP contribution in [0.5, 0.6) is 5.75 Å². The number of rotatable bonds is 7. The van der Waals surface area contributed by atoms with Gasteiger partial charge < -0.3 is 20.1 Å². The summed E-state index contributed by atoms with van der Waals surface area (Å²) in [5.41, 5.74) is 1.91. The Morgan fingerprint density at radius 3 is 2.47 bits per heavy atom. The molecule has 1 aliphatic heterocycles. The summed E-state index contributed by atoms with van der Waals surface area (Å²) in [5.74, 6) is -1.11. The van der Waals surface area contributed by atoms with Crippen molar-refractivity contribution in [2.24, 2.45) is 0 Å². The van der Waals surface area contributed by atoms with Crippen LogP contribution in [0.3, 0.4) is 0 Å². The van der Waals surface area contributed by atoms with Crippen molar-refractivity contribution in [2.45, 2.75) is 31.0 Å². The van der Waals surface area contributed by atoms with Gasteiger partial charge in [0, 0.05) is 13.1 Å². The molecule has 1 aliphatic rings. The normalized spacial score (nSPS) is 16.9. The van der Waals surface area contributed by atoms with Crippen molar-refractivity contribution in [3.63, 3.8) is 0 Å². The first-order chi connectivity index (χ1) is 15.3. The summed E-state index contributed by atoms with van der Waals surface area (Å²) in [5, 5.41) is 5.04. The smallest absolute Gasteiger partial charge is 0.309 e. The lowest BCUT2D eigenvalue weighted by Crippen LogP contribution is -2.53. The van der Waals surface area contributed by atoms with Crippen LogP contribution >= 0.6 is 0 Å². The summed E-state index contributed by atoms with van der Waals surface area (Å²) < 4.78 is 38.0. The Morgan fingerprint density at radius 2 is 1.78 bits per heavy atom.